The maximum absolute atomic E-state index is 11.2. The highest BCUT2D eigenvalue weighted by Gasteiger charge is 2.09. The second-order valence-corrected chi connectivity index (χ2v) is 2.61. The van der Waals surface area contributed by atoms with Gasteiger partial charge in [-0.2, -0.15) is 0 Å². The number of nitrogens with zero attached hydrogens (tertiary/aromatic N) is 1. The van der Waals surface area contributed by atoms with Crippen molar-refractivity contribution in [3.63, 3.8) is 0 Å². The van der Waals surface area contributed by atoms with Crippen LogP contribution in [0.3, 0.4) is 0 Å². The van der Waals surface area contributed by atoms with Crippen LogP contribution in [0.5, 0.6) is 0 Å². The van der Waals surface area contributed by atoms with Crippen LogP contribution in [0.15, 0.2) is 16.8 Å². The van der Waals surface area contributed by atoms with Crippen molar-refractivity contribution in [2.24, 2.45) is 4.99 Å². The number of hydrogen-bond donors (Lipinski definition) is 0. The summed E-state index contributed by atoms with van der Waals surface area (Å²) in [4.78, 5) is 15.1. The normalized spacial score (nSPS) is 15.6. The van der Waals surface area contributed by atoms with E-state index in [2.05, 4.69) is 4.99 Å². The zero-order chi connectivity index (χ0) is 8.81. The van der Waals surface area contributed by atoms with Crippen molar-refractivity contribution >= 4 is 12.2 Å². The van der Waals surface area contributed by atoms with E-state index in [1.54, 1.807) is 6.21 Å². The number of hydrogen-bond acceptors (Lipinski definition) is 3. The van der Waals surface area contributed by atoms with E-state index in [9.17, 15) is 4.79 Å². The molecule has 1 aliphatic rings. The van der Waals surface area contributed by atoms with Gasteiger partial charge in [0.05, 0.1) is 6.61 Å². The summed E-state index contributed by atoms with van der Waals surface area (Å²) in [6, 6.07) is 0. The number of allylic oxidation sites excluding steroid dienone is 1. The Balaban J connectivity index is 2.41. The lowest BCUT2D eigenvalue weighted by Crippen LogP contribution is -2.08. The van der Waals surface area contributed by atoms with Crippen molar-refractivity contribution in [3.8, 4) is 0 Å². The lowest BCUT2D eigenvalue weighted by Gasteiger charge is -2.05. The molecule has 0 unspecified atom stereocenters. The monoisotopic (exact) mass is 167 g/mol. The Hall–Kier alpha value is -1.12. The Bertz CT molecular complexity index is 219. The van der Waals surface area contributed by atoms with E-state index in [1.165, 1.54) is 0 Å². The fraction of sp³-hybridized carbons (Fsp3) is 0.556. The van der Waals surface area contributed by atoms with Gasteiger partial charge in [0.25, 0.3) is 0 Å². The standard InChI is InChI=1S/C9H13NO2/c1-2-7-12-9(11)8-5-3-4-6-10-8/h5-6H,2-4,7H2,1H3. The second-order valence-electron chi connectivity index (χ2n) is 2.61. The minimum atomic E-state index is -0.298. The molecule has 66 valence electrons. The molecule has 0 aromatic carbocycles. The van der Waals surface area contributed by atoms with Gasteiger partial charge in [0.1, 0.15) is 5.70 Å². The molecule has 3 nitrogen and oxygen atoms in total. The minimum Gasteiger partial charge on any atom is -0.461 e. The lowest BCUT2D eigenvalue weighted by atomic mass is 10.2. The quantitative estimate of drug-likeness (QED) is 0.600. The summed E-state index contributed by atoms with van der Waals surface area (Å²) < 4.78 is 4.91. The third kappa shape index (κ3) is 2.49. The highest BCUT2D eigenvalue weighted by molar-refractivity contribution is 5.90. The van der Waals surface area contributed by atoms with E-state index in [-0.39, 0.29) is 5.97 Å². The van der Waals surface area contributed by atoms with Crippen LogP contribution < -0.4 is 0 Å². The lowest BCUT2D eigenvalue weighted by molar-refractivity contribution is -0.139. The highest BCUT2D eigenvalue weighted by atomic mass is 16.5. The SMILES string of the molecule is CCCOC(=O)C1=CCCC=N1. The van der Waals surface area contributed by atoms with Gasteiger partial charge < -0.3 is 4.74 Å². The van der Waals surface area contributed by atoms with Crippen LogP contribution >= 0.6 is 0 Å². The Kier molecular flexibility index (Phi) is 3.51. The van der Waals surface area contributed by atoms with Crippen molar-refractivity contribution in [2.45, 2.75) is 26.2 Å². The predicted octanol–water partition coefficient (Wildman–Crippen LogP) is 1.69. The number of aliphatic imine (C=N–C) groups is 1. The Labute approximate surface area is 72.1 Å². The van der Waals surface area contributed by atoms with Crippen molar-refractivity contribution in [2.75, 3.05) is 6.61 Å². The van der Waals surface area contributed by atoms with Crippen LogP contribution in [-0.4, -0.2) is 18.8 Å². The molecule has 0 bridgehead atoms. The summed E-state index contributed by atoms with van der Waals surface area (Å²) in [5.74, 6) is -0.298. The fourth-order valence-corrected chi connectivity index (χ4v) is 0.915. The first kappa shape index (κ1) is 8.97. The molecule has 3 heteroatoms. The topological polar surface area (TPSA) is 38.7 Å². The largest absolute Gasteiger partial charge is 0.461 e. The molecule has 0 aromatic rings. The summed E-state index contributed by atoms with van der Waals surface area (Å²) in [6.07, 6.45) is 6.23. The molecule has 1 heterocycles. The third-order valence-electron chi connectivity index (χ3n) is 1.51. The molecule has 0 amide bonds. The van der Waals surface area contributed by atoms with Gasteiger partial charge in [0.15, 0.2) is 0 Å². The molecule has 1 aliphatic heterocycles. The fourth-order valence-electron chi connectivity index (χ4n) is 0.915. The van der Waals surface area contributed by atoms with E-state index in [4.69, 9.17) is 4.74 Å². The number of rotatable bonds is 3. The molecule has 12 heavy (non-hydrogen) atoms. The van der Waals surface area contributed by atoms with Crippen LogP contribution in [0.4, 0.5) is 0 Å². The van der Waals surface area contributed by atoms with Crippen molar-refractivity contribution in [1.29, 1.82) is 0 Å². The van der Waals surface area contributed by atoms with E-state index in [0.29, 0.717) is 12.3 Å². The molecule has 0 spiro atoms. The Morgan fingerprint density at radius 1 is 1.67 bits per heavy atom. The first-order valence-corrected chi connectivity index (χ1v) is 4.24. The molecule has 0 aliphatic carbocycles. The van der Waals surface area contributed by atoms with E-state index < -0.39 is 0 Å². The van der Waals surface area contributed by atoms with Gasteiger partial charge in [-0.25, -0.2) is 4.79 Å². The van der Waals surface area contributed by atoms with Crippen LogP contribution in [0.25, 0.3) is 0 Å². The molecule has 0 saturated carbocycles. The summed E-state index contributed by atoms with van der Waals surface area (Å²) in [7, 11) is 0. The minimum absolute atomic E-state index is 0.298. The van der Waals surface area contributed by atoms with Crippen molar-refractivity contribution in [3.05, 3.63) is 11.8 Å². The maximum atomic E-state index is 11.2. The smallest absolute Gasteiger partial charge is 0.356 e. The number of carbonyl (C=O) groups is 1. The molecule has 0 N–H and O–H groups in total. The van der Waals surface area contributed by atoms with Crippen molar-refractivity contribution < 1.29 is 9.53 Å². The van der Waals surface area contributed by atoms with Crippen LogP contribution in [0.1, 0.15) is 26.2 Å². The van der Waals surface area contributed by atoms with Gasteiger partial charge in [-0.3, -0.25) is 4.99 Å². The Morgan fingerprint density at radius 2 is 2.50 bits per heavy atom. The molecule has 0 radical (unpaired) electrons. The summed E-state index contributed by atoms with van der Waals surface area (Å²) in [5, 5.41) is 0. The molecule has 0 saturated heterocycles. The second kappa shape index (κ2) is 4.70. The molecular formula is C9H13NO2. The van der Waals surface area contributed by atoms with Gasteiger partial charge in [-0.05, 0) is 19.3 Å². The molecule has 1 rings (SSSR count). The summed E-state index contributed by atoms with van der Waals surface area (Å²) in [5.41, 5.74) is 0.453. The van der Waals surface area contributed by atoms with E-state index in [0.717, 1.165) is 19.3 Å². The molecule has 0 atom stereocenters. The van der Waals surface area contributed by atoms with Gasteiger partial charge in [0.2, 0.25) is 0 Å². The summed E-state index contributed by atoms with van der Waals surface area (Å²) >= 11 is 0. The zero-order valence-electron chi connectivity index (χ0n) is 7.25. The molecule has 0 aromatic heterocycles. The average Bonchev–Trinajstić information content (AvgIpc) is 2.15. The van der Waals surface area contributed by atoms with Crippen LogP contribution in [0.2, 0.25) is 0 Å². The molecular weight excluding hydrogens is 154 g/mol. The van der Waals surface area contributed by atoms with Gasteiger partial charge in [0, 0.05) is 6.21 Å². The van der Waals surface area contributed by atoms with Crippen LogP contribution in [0, 0.1) is 0 Å². The van der Waals surface area contributed by atoms with Crippen molar-refractivity contribution in [1.82, 2.24) is 0 Å². The number of carbonyl (C=O) groups excluding carboxylic acids is 1. The first-order chi connectivity index (χ1) is 5.84. The van der Waals surface area contributed by atoms with Gasteiger partial charge in [-0.15, -0.1) is 0 Å². The van der Waals surface area contributed by atoms with E-state index in [1.807, 2.05) is 13.0 Å². The Morgan fingerprint density at radius 3 is 3.08 bits per heavy atom. The number of esters is 1. The maximum Gasteiger partial charge on any atom is 0.356 e. The third-order valence-corrected chi connectivity index (χ3v) is 1.51. The predicted molar refractivity (Wildman–Crippen MR) is 47.1 cm³/mol. The number of ether oxygens (including phenoxy) is 1. The first-order valence-electron chi connectivity index (χ1n) is 4.24. The van der Waals surface area contributed by atoms with Crippen LogP contribution in [-0.2, 0) is 9.53 Å². The van der Waals surface area contributed by atoms with E-state index >= 15 is 0 Å². The highest BCUT2D eigenvalue weighted by Crippen LogP contribution is 2.08. The van der Waals surface area contributed by atoms with Gasteiger partial charge >= 0.3 is 5.97 Å². The molecule has 0 fully saturated rings. The summed E-state index contributed by atoms with van der Waals surface area (Å²) in [6.45, 7) is 2.44. The average molecular weight is 167 g/mol. The zero-order valence-corrected chi connectivity index (χ0v) is 7.25. The van der Waals surface area contributed by atoms with Gasteiger partial charge in [-0.1, -0.05) is 13.0 Å².